The van der Waals surface area contributed by atoms with Gasteiger partial charge in [-0.05, 0) is 23.9 Å². The molecule has 0 saturated heterocycles. The average Bonchev–Trinajstić information content (AvgIpc) is 2.32. The Hall–Kier alpha value is -2.10. The fraction of sp³-hybridized carbons (Fsp3) is 0.231. The van der Waals surface area contributed by atoms with E-state index in [0.717, 1.165) is 11.8 Å². The molecule has 4 nitrogen and oxygen atoms in total. The molecule has 0 aliphatic heterocycles. The van der Waals surface area contributed by atoms with Crippen LogP contribution in [0.15, 0.2) is 35.1 Å². The number of fused-ring (bicyclic) bond motifs is 1. The van der Waals surface area contributed by atoms with Crippen molar-refractivity contribution in [3.05, 3.63) is 46.4 Å². The van der Waals surface area contributed by atoms with Crippen molar-refractivity contribution < 1.29 is 4.79 Å². The van der Waals surface area contributed by atoms with Crippen LogP contribution in [0.2, 0.25) is 0 Å². The number of hydrogen-bond donors (Lipinski definition) is 1. The largest absolute Gasteiger partial charge is 0.364 e. The number of amides is 1. The summed E-state index contributed by atoms with van der Waals surface area (Å²) >= 11 is 0. The quantitative estimate of drug-likeness (QED) is 0.868. The second kappa shape index (κ2) is 4.41. The van der Waals surface area contributed by atoms with Gasteiger partial charge in [0.2, 0.25) is 0 Å². The summed E-state index contributed by atoms with van der Waals surface area (Å²) in [4.78, 5) is 23.6. The molecule has 2 N–H and O–H groups in total. The first-order valence-electron chi connectivity index (χ1n) is 5.57. The molecular formula is C13H14N2O2. The summed E-state index contributed by atoms with van der Waals surface area (Å²) in [6.07, 6.45) is 0.776. The summed E-state index contributed by atoms with van der Waals surface area (Å²) in [7, 11) is 0. The SMILES string of the molecule is CCCn1c(C(N)=O)cc2ccccc2c1=O. The third kappa shape index (κ3) is 1.93. The molecule has 0 atom stereocenters. The minimum atomic E-state index is -0.568. The normalized spacial score (nSPS) is 10.6. The zero-order valence-corrected chi connectivity index (χ0v) is 9.64. The predicted octanol–water partition coefficient (Wildman–Crippen LogP) is 1.51. The first-order valence-corrected chi connectivity index (χ1v) is 5.57. The summed E-state index contributed by atoms with van der Waals surface area (Å²) in [6, 6.07) is 8.88. The number of nitrogens with two attached hydrogens (primary N) is 1. The van der Waals surface area contributed by atoms with Gasteiger partial charge in [0.05, 0.1) is 0 Å². The van der Waals surface area contributed by atoms with Crippen LogP contribution in [-0.2, 0) is 6.54 Å². The highest BCUT2D eigenvalue weighted by molar-refractivity contribution is 5.95. The summed E-state index contributed by atoms with van der Waals surface area (Å²) in [5.74, 6) is -0.568. The van der Waals surface area contributed by atoms with Crippen molar-refractivity contribution >= 4 is 16.7 Å². The van der Waals surface area contributed by atoms with Crippen LogP contribution in [0, 0.1) is 0 Å². The molecule has 1 heterocycles. The van der Waals surface area contributed by atoms with Crippen LogP contribution < -0.4 is 11.3 Å². The van der Waals surface area contributed by atoms with E-state index in [2.05, 4.69) is 0 Å². The van der Waals surface area contributed by atoms with Crippen LogP contribution in [0.25, 0.3) is 10.8 Å². The van der Waals surface area contributed by atoms with Gasteiger partial charge in [-0.3, -0.25) is 9.59 Å². The zero-order chi connectivity index (χ0) is 12.4. The molecule has 4 heteroatoms. The number of aromatic nitrogens is 1. The third-order valence-corrected chi connectivity index (χ3v) is 2.72. The van der Waals surface area contributed by atoms with Gasteiger partial charge in [0.15, 0.2) is 0 Å². The number of benzene rings is 1. The first kappa shape index (κ1) is 11.4. The zero-order valence-electron chi connectivity index (χ0n) is 9.64. The number of carbonyl (C=O) groups is 1. The molecule has 0 saturated carbocycles. The van der Waals surface area contributed by atoms with Gasteiger partial charge in [-0.2, -0.15) is 0 Å². The van der Waals surface area contributed by atoms with Gasteiger partial charge in [-0.15, -0.1) is 0 Å². The lowest BCUT2D eigenvalue weighted by Crippen LogP contribution is -2.29. The van der Waals surface area contributed by atoms with Gasteiger partial charge in [0.1, 0.15) is 5.69 Å². The molecule has 0 fully saturated rings. The third-order valence-electron chi connectivity index (χ3n) is 2.72. The average molecular weight is 230 g/mol. The van der Waals surface area contributed by atoms with E-state index in [0.29, 0.717) is 11.9 Å². The summed E-state index contributed by atoms with van der Waals surface area (Å²) < 4.78 is 1.45. The number of hydrogen-bond acceptors (Lipinski definition) is 2. The van der Waals surface area contributed by atoms with Crippen LogP contribution in [0.5, 0.6) is 0 Å². The highest BCUT2D eigenvalue weighted by atomic mass is 16.2. The molecule has 2 aromatic rings. The molecule has 88 valence electrons. The van der Waals surface area contributed by atoms with E-state index in [1.165, 1.54) is 4.57 Å². The van der Waals surface area contributed by atoms with Gasteiger partial charge >= 0.3 is 0 Å². The Labute approximate surface area is 98.7 Å². The van der Waals surface area contributed by atoms with Crippen molar-refractivity contribution in [2.45, 2.75) is 19.9 Å². The van der Waals surface area contributed by atoms with Gasteiger partial charge in [-0.1, -0.05) is 25.1 Å². The number of primary amides is 1. The molecule has 0 spiro atoms. The molecule has 1 aromatic carbocycles. The summed E-state index contributed by atoms with van der Waals surface area (Å²) in [5.41, 5.74) is 5.43. The fourth-order valence-corrected chi connectivity index (χ4v) is 1.95. The topological polar surface area (TPSA) is 65.1 Å². The smallest absolute Gasteiger partial charge is 0.265 e. The Morgan fingerprint density at radius 2 is 2.06 bits per heavy atom. The molecule has 0 bridgehead atoms. The van der Waals surface area contributed by atoms with E-state index in [-0.39, 0.29) is 11.3 Å². The second-order valence-electron chi connectivity index (χ2n) is 3.94. The Balaban J connectivity index is 2.84. The minimum absolute atomic E-state index is 0.154. The molecule has 2 rings (SSSR count). The van der Waals surface area contributed by atoms with Crippen molar-refractivity contribution in [2.24, 2.45) is 5.73 Å². The summed E-state index contributed by atoms with van der Waals surface area (Å²) in [5, 5.41) is 1.37. The standard InChI is InChI=1S/C13H14N2O2/c1-2-7-15-11(12(14)16)8-9-5-3-4-6-10(9)13(15)17/h3-6,8H,2,7H2,1H3,(H2,14,16). The van der Waals surface area contributed by atoms with Crippen LogP contribution in [0.4, 0.5) is 0 Å². The Bertz CT molecular complexity index is 629. The molecule has 0 aliphatic carbocycles. The number of rotatable bonds is 3. The molecule has 17 heavy (non-hydrogen) atoms. The lowest BCUT2D eigenvalue weighted by molar-refractivity contribution is 0.0990. The molecule has 0 radical (unpaired) electrons. The van der Waals surface area contributed by atoms with E-state index in [4.69, 9.17) is 5.73 Å². The number of pyridine rings is 1. The fourth-order valence-electron chi connectivity index (χ4n) is 1.95. The van der Waals surface area contributed by atoms with Gasteiger partial charge in [0, 0.05) is 11.9 Å². The predicted molar refractivity (Wildman–Crippen MR) is 67.0 cm³/mol. The van der Waals surface area contributed by atoms with Crippen molar-refractivity contribution in [3.63, 3.8) is 0 Å². The first-order chi connectivity index (χ1) is 8.15. The number of carbonyl (C=O) groups excluding carboxylic acids is 1. The highest BCUT2D eigenvalue weighted by Crippen LogP contribution is 2.12. The summed E-state index contributed by atoms with van der Waals surface area (Å²) in [6.45, 7) is 2.45. The van der Waals surface area contributed by atoms with E-state index >= 15 is 0 Å². The van der Waals surface area contributed by atoms with E-state index in [1.54, 1.807) is 18.2 Å². The highest BCUT2D eigenvalue weighted by Gasteiger charge is 2.11. The lowest BCUT2D eigenvalue weighted by atomic mass is 10.1. The van der Waals surface area contributed by atoms with Gasteiger partial charge in [-0.25, -0.2) is 0 Å². The molecule has 0 aliphatic rings. The monoisotopic (exact) mass is 230 g/mol. The Morgan fingerprint density at radius 3 is 2.71 bits per heavy atom. The van der Waals surface area contributed by atoms with Crippen molar-refractivity contribution in [3.8, 4) is 0 Å². The van der Waals surface area contributed by atoms with E-state index in [9.17, 15) is 9.59 Å². The Kier molecular flexibility index (Phi) is 2.95. The minimum Gasteiger partial charge on any atom is -0.364 e. The molecule has 0 unspecified atom stereocenters. The van der Waals surface area contributed by atoms with Crippen LogP contribution in [0.1, 0.15) is 23.8 Å². The Morgan fingerprint density at radius 1 is 1.35 bits per heavy atom. The number of nitrogens with zero attached hydrogens (tertiary/aromatic N) is 1. The maximum absolute atomic E-state index is 12.2. The maximum atomic E-state index is 12.2. The van der Waals surface area contributed by atoms with Crippen molar-refractivity contribution in [1.29, 1.82) is 0 Å². The van der Waals surface area contributed by atoms with Gasteiger partial charge < -0.3 is 10.3 Å². The van der Waals surface area contributed by atoms with Crippen molar-refractivity contribution in [1.82, 2.24) is 4.57 Å². The van der Waals surface area contributed by atoms with Crippen LogP contribution >= 0.6 is 0 Å². The molecular weight excluding hydrogens is 216 g/mol. The molecule has 1 aromatic heterocycles. The van der Waals surface area contributed by atoms with E-state index < -0.39 is 5.91 Å². The van der Waals surface area contributed by atoms with Crippen LogP contribution in [0.3, 0.4) is 0 Å². The van der Waals surface area contributed by atoms with Gasteiger partial charge in [0.25, 0.3) is 11.5 Å². The van der Waals surface area contributed by atoms with E-state index in [1.807, 2.05) is 19.1 Å². The van der Waals surface area contributed by atoms with Crippen LogP contribution in [-0.4, -0.2) is 10.5 Å². The lowest BCUT2D eigenvalue weighted by Gasteiger charge is -2.10. The molecule has 1 amide bonds. The second-order valence-corrected chi connectivity index (χ2v) is 3.94. The maximum Gasteiger partial charge on any atom is 0.265 e. The van der Waals surface area contributed by atoms with Crippen molar-refractivity contribution in [2.75, 3.05) is 0 Å².